The number of benzene rings is 1. The number of amides is 1. The Morgan fingerprint density at radius 3 is 2.68 bits per heavy atom. The predicted octanol–water partition coefficient (Wildman–Crippen LogP) is 2.86. The van der Waals surface area contributed by atoms with Gasteiger partial charge in [-0.2, -0.15) is 0 Å². The largest absolute Gasteiger partial charge is 0.338 e. The van der Waals surface area contributed by atoms with Crippen LogP contribution in [0.3, 0.4) is 0 Å². The molecule has 5 nitrogen and oxygen atoms in total. The summed E-state index contributed by atoms with van der Waals surface area (Å²) in [4.78, 5) is 28.6. The highest BCUT2D eigenvalue weighted by Crippen LogP contribution is 2.24. The topological polar surface area (TPSA) is 47.2 Å². The first kappa shape index (κ1) is 16.1. The fraction of sp³-hybridized carbons (Fsp3) is 0.368. The third kappa shape index (κ3) is 2.80. The molecule has 0 saturated heterocycles. The highest BCUT2D eigenvalue weighted by molar-refractivity contribution is 7.10. The quantitative estimate of drug-likeness (QED) is 0.722. The number of carbonyl (C=O) groups excluding carboxylic acids is 1. The molecular formula is C19H21N3O2S. The zero-order chi connectivity index (χ0) is 17.4. The Morgan fingerprint density at radius 2 is 1.92 bits per heavy atom. The van der Waals surface area contributed by atoms with Gasteiger partial charge < -0.3 is 4.90 Å². The average molecular weight is 355 g/mol. The fourth-order valence-electron chi connectivity index (χ4n) is 3.62. The van der Waals surface area contributed by atoms with Gasteiger partial charge in [0.2, 0.25) is 5.91 Å². The minimum absolute atomic E-state index is 0.0322. The summed E-state index contributed by atoms with van der Waals surface area (Å²) < 4.78 is 3.50. The zero-order valence-electron chi connectivity index (χ0n) is 14.3. The molecule has 0 saturated carbocycles. The van der Waals surface area contributed by atoms with Crippen molar-refractivity contribution in [1.82, 2.24) is 14.0 Å². The molecule has 0 bridgehead atoms. The van der Waals surface area contributed by atoms with Gasteiger partial charge in [0.25, 0.3) is 0 Å². The van der Waals surface area contributed by atoms with Gasteiger partial charge in [0, 0.05) is 37.5 Å². The van der Waals surface area contributed by atoms with E-state index in [9.17, 15) is 9.59 Å². The molecule has 6 heteroatoms. The van der Waals surface area contributed by atoms with Crippen LogP contribution in [0.5, 0.6) is 0 Å². The third-order valence-electron chi connectivity index (χ3n) is 4.95. The Bertz CT molecular complexity index is 982. The lowest BCUT2D eigenvalue weighted by Gasteiger charge is -2.27. The van der Waals surface area contributed by atoms with Crippen molar-refractivity contribution in [2.45, 2.75) is 39.4 Å². The molecule has 3 heterocycles. The third-order valence-corrected chi connectivity index (χ3v) is 5.97. The predicted molar refractivity (Wildman–Crippen MR) is 99.9 cm³/mol. The summed E-state index contributed by atoms with van der Waals surface area (Å²) in [6.07, 6.45) is 1.30. The van der Waals surface area contributed by atoms with Crippen LogP contribution < -0.4 is 5.69 Å². The molecule has 1 amide bonds. The van der Waals surface area contributed by atoms with Crippen LogP contribution in [-0.2, 0) is 30.8 Å². The summed E-state index contributed by atoms with van der Waals surface area (Å²) in [7, 11) is 0. The molecule has 0 radical (unpaired) electrons. The van der Waals surface area contributed by atoms with Crippen LogP contribution >= 0.6 is 11.3 Å². The van der Waals surface area contributed by atoms with Gasteiger partial charge in [-0.1, -0.05) is 12.1 Å². The number of aromatic nitrogens is 2. The molecular weight excluding hydrogens is 334 g/mol. The normalized spacial score (nSPS) is 14.0. The molecule has 0 aliphatic carbocycles. The van der Waals surface area contributed by atoms with Crippen molar-refractivity contribution in [2.24, 2.45) is 0 Å². The Kier molecular flexibility index (Phi) is 4.21. The second-order valence-electron chi connectivity index (χ2n) is 6.35. The van der Waals surface area contributed by atoms with Gasteiger partial charge in [0.1, 0.15) is 0 Å². The molecule has 0 unspecified atom stereocenters. The number of imidazole rings is 1. The van der Waals surface area contributed by atoms with Crippen molar-refractivity contribution >= 4 is 28.3 Å². The standard InChI is InChI=1S/C19H21N3O2S/c1-2-21-15-5-3-4-6-16(15)22(19(21)24)11-8-18(23)20-10-7-17-14(13-20)9-12-25-17/h3-6,9,12H,2,7-8,10-11,13H2,1H3. The molecule has 25 heavy (non-hydrogen) atoms. The van der Waals surface area contributed by atoms with Crippen molar-refractivity contribution in [2.75, 3.05) is 6.54 Å². The molecule has 1 aliphatic rings. The van der Waals surface area contributed by atoms with Crippen LogP contribution in [-0.4, -0.2) is 26.5 Å². The number of nitrogens with zero attached hydrogens (tertiary/aromatic N) is 3. The average Bonchev–Trinajstić information content (AvgIpc) is 3.20. The van der Waals surface area contributed by atoms with Gasteiger partial charge in [-0.25, -0.2) is 4.79 Å². The van der Waals surface area contributed by atoms with Gasteiger partial charge in [-0.15, -0.1) is 11.3 Å². The maximum absolute atomic E-state index is 12.6. The minimum Gasteiger partial charge on any atom is -0.338 e. The summed E-state index contributed by atoms with van der Waals surface area (Å²) in [5.74, 6) is 0.122. The Hall–Kier alpha value is -2.34. The van der Waals surface area contributed by atoms with Gasteiger partial charge in [0.15, 0.2) is 0 Å². The number of hydrogen-bond acceptors (Lipinski definition) is 3. The van der Waals surface area contributed by atoms with Crippen LogP contribution in [0, 0.1) is 0 Å². The van der Waals surface area contributed by atoms with Crippen molar-refractivity contribution in [3.63, 3.8) is 0 Å². The highest BCUT2D eigenvalue weighted by atomic mass is 32.1. The molecule has 130 valence electrons. The molecule has 4 rings (SSSR count). The number of carbonyl (C=O) groups is 1. The number of aryl methyl sites for hydroxylation is 2. The number of thiophene rings is 1. The van der Waals surface area contributed by atoms with E-state index >= 15 is 0 Å². The van der Waals surface area contributed by atoms with Crippen LogP contribution in [0.2, 0.25) is 0 Å². The second-order valence-corrected chi connectivity index (χ2v) is 7.35. The summed E-state index contributed by atoms with van der Waals surface area (Å²) in [6, 6.07) is 9.89. The second kappa shape index (κ2) is 6.52. The Labute approximate surface area is 150 Å². The summed E-state index contributed by atoms with van der Waals surface area (Å²) >= 11 is 1.77. The minimum atomic E-state index is -0.0322. The molecule has 1 aliphatic heterocycles. The summed E-state index contributed by atoms with van der Waals surface area (Å²) in [5.41, 5.74) is 3.07. The SMILES string of the molecule is CCn1c(=O)n(CCC(=O)N2CCc3sccc3C2)c2ccccc21. The first-order valence-electron chi connectivity index (χ1n) is 8.70. The van der Waals surface area contributed by atoms with Gasteiger partial charge in [-0.3, -0.25) is 13.9 Å². The van der Waals surface area contributed by atoms with Gasteiger partial charge in [-0.05, 0) is 42.5 Å². The number of hydrogen-bond donors (Lipinski definition) is 0. The van der Waals surface area contributed by atoms with Gasteiger partial charge in [0.05, 0.1) is 11.0 Å². The molecule has 0 fully saturated rings. The van der Waals surface area contributed by atoms with Crippen LogP contribution in [0.1, 0.15) is 23.8 Å². The lowest BCUT2D eigenvalue weighted by atomic mass is 10.1. The molecule has 1 aromatic carbocycles. The van der Waals surface area contributed by atoms with Crippen molar-refractivity contribution in [3.05, 3.63) is 56.6 Å². The van der Waals surface area contributed by atoms with E-state index in [2.05, 4.69) is 11.4 Å². The molecule has 0 atom stereocenters. The van der Waals surface area contributed by atoms with E-state index in [0.717, 1.165) is 24.0 Å². The van der Waals surface area contributed by atoms with E-state index < -0.39 is 0 Å². The maximum Gasteiger partial charge on any atom is 0.329 e. The lowest BCUT2D eigenvalue weighted by Crippen LogP contribution is -2.36. The monoisotopic (exact) mass is 355 g/mol. The van der Waals surface area contributed by atoms with E-state index in [1.165, 1.54) is 10.4 Å². The number of rotatable bonds is 4. The van der Waals surface area contributed by atoms with E-state index in [1.54, 1.807) is 20.5 Å². The van der Waals surface area contributed by atoms with E-state index in [-0.39, 0.29) is 11.6 Å². The Morgan fingerprint density at radius 1 is 1.16 bits per heavy atom. The summed E-state index contributed by atoms with van der Waals surface area (Å²) in [5, 5.41) is 2.10. The summed E-state index contributed by atoms with van der Waals surface area (Å²) in [6.45, 7) is 4.50. The van der Waals surface area contributed by atoms with E-state index in [1.807, 2.05) is 36.1 Å². The van der Waals surface area contributed by atoms with Crippen LogP contribution in [0.25, 0.3) is 11.0 Å². The Balaban J connectivity index is 1.52. The van der Waals surface area contributed by atoms with Crippen molar-refractivity contribution in [1.29, 1.82) is 0 Å². The molecule has 0 spiro atoms. The smallest absolute Gasteiger partial charge is 0.329 e. The zero-order valence-corrected chi connectivity index (χ0v) is 15.1. The first-order valence-corrected chi connectivity index (χ1v) is 9.58. The maximum atomic E-state index is 12.6. The lowest BCUT2D eigenvalue weighted by molar-refractivity contribution is -0.132. The molecule has 2 aromatic heterocycles. The number of para-hydroxylation sites is 2. The molecule has 0 N–H and O–H groups in total. The van der Waals surface area contributed by atoms with E-state index in [4.69, 9.17) is 0 Å². The van der Waals surface area contributed by atoms with Gasteiger partial charge >= 0.3 is 5.69 Å². The first-order chi connectivity index (χ1) is 12.2. The van der Waals surface area contributed by atoms with Crippen molar-refractivity contribution < 1.29 is 4.79 Å². The van der Waals surface area contributed by atoms with Crippen LogP contribution in [0.15, 0.2) is 40.5 Å². The molecule has 3 aromatic rings. The van der Waals surface area contributed by atoms with E-state index in [0.29, 0.717) is 26.1 Å². The van der Waals surface area contributed by atoms with Crippen LogP contribution in [0.4, 0.5) is 0 Å². The fourth-order valence-corrected chi connectivity index (χ4v) is 4.51. The highest BCUT2D eigenvalue weighted by Gasteiger charge is 2.22. The van der Waals surface area contributed by atoms with Crippen molar-refractivity contribution in [3.8, 4) is 0 Å². The number of fused-ring (bicyclic) bond motifs is 2.